The van der Waals surface area contributed by atoms with E-state index in [4.69, 9.17) is 15.2 Å². The first kappa shape index (κ1) is 14.8. The Morgan fingerprint density at radius 2 is 2.25 bits per heavy atom. The number of ether oxygens (including phenoxy) is 2. The lowest BCUT2D eigenvalue weighted by Crippen LogP contribution is -2.23. The van der Waals surface area contributed by atoms with E-state index in [1.807, 2.05) is 0 Å². The number of hydrogen-bond acceptors (Lipinski definition) is 4. The Bertz CT molecular complexity index is 474. The highest BCUT2D eigenvalue weighted by Crippen LogP contribution is 2.31. The smallest absolute Gasteiger partial charge is 0.319 e. The van der Waals surface area contributed by atoms with E-state index in [0.717, 1.165) is 5.56 Å². The molecule has 0 saturated heterocycles. The normalized spacial score (nSPS) is 15.8. The van der Waals surface area contributed by atoms with Crippen molar-refractivity contribution in [2.24, 2.45) is 11.7 Å². The molecular formula is C15H20FNO3. The van der Waals surface area contributed by atoms with E-state index in [2.05, 4.69) is 0 Å². The van der Waals surface area contributed by atoms with Crippen LogP contribution in [0.25, 0.3) is 0 Å². The minimum atomic E-state index is -0.444. The van der Waals surface area contributed by atoms with Gasteiger partial charge in [0.25, 0.3) is 0 Å². The van der Waals surface area contributed by atoms with Gasteiger partial charge in [-0.15, -0.1) is 0 Å². The third-order valence-electron chi connectivity index (χ3n) is 3.21. The Morgan fingerprint density at radius 3 is 2.90 bits per heavy atom. The molecule has 0 bridgehead atoms. The third-order valence-corrected chi connectivity index (χ3v) is 3.21. The topological polar surface area (TPSA) is 61.5 Å². The summed E-state index contributed by atoms with van der Waals surface area (Å²) in [5, 5.41) is 0. The van der Waals surface area contributed by atoms with Gasteiger partial charge in [0.05, 0.1) is 13.2 Å². The predicted octanol–water partition coefficient (Wildman–Crippen LogP) is 2.05. The molecule has 1 unspecified atom stereocenters. The van der Waals surface area contributed by atoms with Crippen molar-refractivity contribution < 1.29 is 18.7 Å². The van der Waals surface area contributed by atoms with Crippen molar-refractivity contribution in [1.29, 1.82) is 0 Å². The molecule has 1 aliphatic carbocycles. The van der Waals surface area contributed by atoms with Crippen molar-refractivity contribution in [3.05, 3.63) is 29.6 Å². The molecule has 0 amide bonds. The second-order valence-electron chi connectivity index (χ2n) is 5.22. The van der Waals surface area contributed by atoms with Gasteiger partial charge >= 0.3 is 5.97 Å². The van der Waals surface area contributed by atoms with Crippen molar-refractivity contribution in [3.8, 4) is 5.75 Å². The minimum Gasteiger partial charge on any atom is -0.493 e. The highest BCUT2D eigenvalue weighted by molar-refractivity contribution is 5.71. The van der Waals surface area contributed by atoms with Crippen LogP contribution in [-0.4, -0.2) is 25.2 Å². The monoisotopic (exact) mass is 281 g/mol. The molecule has 4 nitrogen and oxygen atoms in total. The van der Waals surface area contributed by atoms with E-state index in [1.54, 1.807) is 13.0 Å². The standard InChI is InChI=1S/C15H20FNO3/c1-10(20-15(18)8-17)6-12-4-5-13(16)7-14(12)19-9-11-2-3-11/h4-5,7,10-11H,2-3,6,8-9,17H2,1H3. The fourth-order valence-corrected chi connectivity index (χ4v) is 1.95. The number of benzene rings is 1. The second-order valence-corrected chi connectivity index (χ2v) is 5.22. The number of rotatable bonds is 7. The van der Waals surface area contributed by atoms with Crippen molar-refractivity contribution in [2.45, 2.75) is 32.3 Å². The van der Waals surface area contributed by atoms with E-state index in [0.29, 0.717) is 24.7 Å². The zero-order valence-corrected chi connectivity index (χ0v) is 11.6. The number of carbonyl (C=O) groups is 1. The summed E-state index contributed by atoms with van der Waals surface area (Å²) in [6.45, 7) is 2.26. The molecule has 20 heavy (non-hydrogen) atoms. The summed E-state index contributed by atoms with van der Waals surface area (Å²) in [4.78, 5) is 11.1. The van der Waals surface area contributed by atoms with Gasteiger partial charge in [0, 0.05) is 12.5 Å². The van der Waals surface area contributed by atoms with Crippen LogP contribution in [0.2, 0.25) is 0 Å². The summed E-state index contributed by atoms with van der Waals surface area (Å²) in [5.74, 6) is 0.359. The van der Waals surface area contributed by atoms with Gasteiger partial charge in [-0.3, -0.25) is 4.79 Å². The Morgan fingerprint density at radius 1 is 1.50 bits per heavy atom. The Labute approximate surface area is 118 Å². The van der Waals surface area contributed by atoms with Crippen LogP contribution in [-0.2, 0) is 16.0 Å². The fraction of sp³-hybridized carbons (Fsp3) is 0.533. The average Bonchev–Trinajstić information content (AvgIpc) is 3.23. The largest absolute Gasteiger partial charge is 0.493 e. The molecule has 5 heteroatoms. The van der Waals surface area contributed by atoms with Gasteiger partial charge in [-0.25, -0.2) is 4.39 Å². The maximum absolute atomic E-state index is 13.3. The molecular weight excluding hydrogens is 261 g/mol. The van der Waals surface area contributed by atoms with Gasteiger partial charge < -0.3 is 15.2 Å². The lowest BCUT2D eigenvalue weighted by Gasteiger charge is -2.16. The van der Waals surface area contributed by atoms with Crippen LogP contribution in [0, 0.1) is 11.7 Å². The van der Waals surface area contributed by atoms with Crippen molar-refractivity contribution >= 4 is 5.97 Å². The van der Waals surface area contributed by atoms with Gasteiger partial charge in [-0.2, -0.15) is 0 Å². The zero-order chi connectivity index (χ0) is 14.5. The maximum atomic E-state index is 13.3. The number of esters is 1. The molecule has 1 aromatic rings. The van der Waals surface area contributed by atoms with Crippen LogP contribution in [0.15, 0.2) is 18.2 Å². The second kappa shape index (κ2) is 6.70. The van der Waals surface area contributed by atoms with Crippen LogP contribution in [0.5, 0.6) is 5.75 Å². The van der Waals surface area contributed by atoms with Gasteiger partial charge in [-0.1, -0.05) is 6.07 Å². The number of halogens is 1. The summed E-state index contributed by atoms with van der Waals surface area (Å²) in [6.07, 6.45) is 2.51. The van der Waals surface area contributed by atoms with Gasteiger partial charge in [0.2, 0.25) is 0 Å². The van der Waals surface area contributed by atoms with Crippen molar-refractivity contribution in [3.63, 3.8) is 0 Å². The molecule has 1 aromatic carbocycles. The molecule has 0 aromatic heterocycles. The summed E-state index contributed by atoms with van der Waals surface area (Å²) >= 11 is 0. The zero-order valence-electron chi connectivity index (χ0n) is 11.6. The third kappa shape index (κ3) is 4.49. The van der Waals surface area contributed by atoms with Crippen LogP contribution >= 0.6 is 0 Å². The first-order valence-electron chi connectivity index (χ1n) is 6.89. The number of nitrogens with two attached hydrogens (primary N) is 1. The highest BCUT2D eigenvalue weighted by atomic mass is 19.1. The minimum absolute atomic E-state index is 0.140. The van der Waals surface area contributed by atoms with Crippen LogP contribution in [0.4, 0.5) is 4.39 Å². The molecule has 1 atom stereocenters. The maximum Gasteiger partial charge on any atom is 0.319 e. The summed E-state index contributed by atoms with van der Waals surface area (Å²) in [5.41, 5.74) is 6.04. The molecule has 2 N–H and O–H groups in total. The summed E-state index contributed by atoms with van der Waals surface area (Å²) < 4.78 is 24.1. The van der Waals surface area contributed by atoms with Gasteiger partial charge in [-0.05, 0) is 37.3 Å². The lowest BCUT2D eigenvalue weighted by atomic mass is 10.1. The van der Waals surface area contributed by atoms with E-state index < -0.39 is 5.97 Å². The lowest BCUT2D eigenvalue weighted by molar-refractivity contribution is -0.146. The quantitative estimate of drug-likeness (QED) is 0.777. The number of hydrogen-bond donors (Lipinski definition) is 1. The van der Waals surface area contributed by atoms with E-state index in [1.165, 1.54) is 25.0 Å². The van der Waals surface area contributed by atoms with Crippen LogP contribution < -0.4 is 10.5 Å². The first-order valence-corrected chi connectivity index (χ1v) is 6.89. The van der Waals surface area contributed by atoms with Gasteiger partial charge in [0.1, 0.15) is 17.7 Å². The van der Waals surface area contributed by atoms with E-state index >= 15 is 0 Å². The molecule has 110 valence electrons. The molecule has 0 radical (unpaired) electrons. The van der Waals surface area contributed by atoms with E-state index in [9.17, 15) is 9.18 Å². The molecule has 1 aliphatic rings. The fourth-order valence-electron chi connectivity index (χ4n) is 1.95. The SMILES string of the molecule is CC(Cc1ccc(F)cc1OCC1CC1)OC(=O)CN. The number of carbonyl (C=O) groups excluding carboxylic acids is 1. The van der Waals surface area contributed by atoms with Crippen molar-refractivity contribution in [2.75, 3.05) is 13.2 Å². The summed E-state index contributed by atoms with van der Waals surface area (Å²) in [6, 6.07) is 4.44. The van der Waals surface area contributed by atoms with Crippen LogP contribution in [0.3, 0.4) is 0 Å². The predicted molar refractivity (Wildman–Crippen MR) is 72.9 cm³/mol. The van der Waals surface area contributed by atoms with E-state index in [-0.39, 0.29) is 18.5 Å². The summed E-state index contributed by atoms with van der Waals surface area (Å²) in [7, 11) is 0. The molecule has 2 rings (SSSR count). The molecule has 1 fully saturated rings. The molecule has 0 heterocycles. The molecule has 1 saturated carbocycles. The molecule has 0 spiro atoms. The average molecular weight is 281 g/mol. The first-order chi connectivity index (χ1) is 9.58. The van der Waals surface area contributed by atoms with Gasteiger partial charge in [0.15, 0.2) is 0 Å². The Balaban J connectivity index is 1.99. The molecule has 0 aliphatic heterocycles. The van der Waals surface area contributed by atoms with Crippen LogP contribution in [0.1, 0.15) is 25.3 Å². The Kier molecular flexibility index (Phi) is 4.95. The Hall–Kier alpha value is -1.62. The van der Waals surface area contributed by atoms with Crippen molar-refractivity contribution in [1.82, 2.24) is 0 Å². The highest BCUT2D eigenvalue weighted by Gasteiger charge is 2.22.